The number of hydrogen-bond acceptors (Lipinski definition) is 12. The number of aliphatic carboxylic acids is 1. The first kappa shape index (κ1) is 23.7. The van der Waals surface area contributed by atoms with E-state index in [4.69, 9.17) is 15.6 Å². The number of aliphatic hydroxyl groups excluding tert-OH is 2. The minimum absolute atomic E-state index is 0.0398. The van der Waals surface area contributed by atoms with E-state index >= 15 is 0 Å². The van der Waals surface area contributed by atoms with Gasteiger partial charge in [-0.3, -0.25) is 23.1 Å². The number of imidazole rings is 1. The van der Waals surface area contributed by atoms with Gasteiger partial charge >= 0.3 is 16.3 Å². The van der Waals surface area contributed by atoms with Gasteiger partial charge in [-0.15, -0.1) is 0 Å². The van der Waals surface area contributed by atoms with Gasteiger partial charge in [-0.05, 0) is 6.42 Å². The molecule has 16 nitrogen and oxygen atoms in total. The van der Waals surface area contributed by atoms with Crippen molar-refractivity contribution in [1.29, 1.82) is 0 Å². The van der Waals surface area contributed by atoms with Gasteiger partial charge in [0.25, 0.3) is 11.5 Å². The van der Waals surface area contributed by atoms with E-state index in [1.807, 2.05) is 0 Å². The summed E-state index contributed by atoms with van der Waals surface area (Å²) in [7, 11) is -4.68. The van der Waals surface area contributed by atoms with Gasteiger partial charge in [0, 0.05) is 6.42 Å². The number of nitrogens with two attached hydrogens (primary N) is 1. The van der Waals surface area contributed by atoms with Gasteiger partial charge < -0.3 is 30.8 Å². The predicted octanol–water partition coefficient (Wildman–Crippen LogP) is -3.69. The van der Waals surface area contributed by atoms with Crippen LogP contribution in [0.4, 0.5) is 0 Å². The smallest absolute Gasteiger partial charge is 0.362 e. The van der Waals surface area contributed by atoms with Crippen molar-refractivity contribution in [2.45, 2.75) is 43.4 Å². The Balaban J connectivity index is 1.63. The number of nitrogens with one attached hydrogen (secondary N) is 2. The van der Waals surface area contributed by atoms with Crippen LogP contribution in [0.15, 0.2) is 17.4 Å². The Morgan fingerprint density at radius 1 is 1.34 bits per heavy atom. The minimum atomic E-state index is -4.68. The van der Waals surface area contributed by atoms with Crippen LogP contribution in [0.25, 0.3) is 11.2 Å². The highest BCUT2D eigenvalue weighted by Gasteiger charge is 2.45. The van der Waals surface area contributed by atoms with Gasteiger partial charge in [-0.1, -0.05) is 0 Å². The number of nitrogens with zero attached hydrogens (tertiary/aromatic N) is 3. The molecular weight excluding hydrogens is 456 g/mol. The van der Waals surface area contributed by atoms with Gasteiger partial charge in [-0.2, -0.15) is 8.42 Å². The summed E-state index contributed by atoms with van der Waals surface area (Å²) in [6, 6.07) is -1.41. The normalized spacial score (nSPS) is 24.5. The zero-order chi connectivity index (χ0) is 23.6. The number of rotatable bonds is 9. The molecule has 32 heavy (non-hydrogen) atoms. The summed E-state index contributed by atoms with van der Waals surface area (Å²) >= 11 is 0. The molecule has 1 saturated heterocycles. The number of carboxylic acids is 1. The second-order valence-electron chi connectivity index (χ2n) is 6.85. The third kappa shape index (κ3) is 5.09. The molecule has 7 N–H and O–H groups in total. The average Bonchev–Trinajstić information content (AvgIpc) is 3.27. The first-order chi connectivity index (χ1) is 15.0. The number of aromatic amines is 1. The lowest BCUT2D eigenvalue weighted by Gasteiger charge is -2.16. The van der Waals surface area contributed by atoms with E-state index in [0.29, 0.717) is 0 Å². The lowest BCUT2D eigenvalue weighted by Crippen LogP contribution is -2.45. The van der Waals surface area contributed by atoms with Crippen molar-refractivity contribution in [1.82, 2.24) is 24.2 Å². The van der Waals surface area contributed by atoms with Crippen LogP contribution in [0.1, 0.15) is 19.1 Å². The highest BCUT2D eigenvalue weighted by molar-refractivity contribution is 7.85. The number of aliphatic hydroxyl groups is 2. The largest absolute Gasteiger partial charge is 0.481 e. The molecule has 1 amide bonds. The first-order valence-corrected chi connectivity index (χ1v) is 10.5. The fraction of sp³-hybridized carbons (Fsp3) is 0.533. The van der Waals surface area contributed by atoms with E-state index in [2.05, 4.69) is 19.1 Å². The number of ether oxygens (including phenoxy) is 1. The minimum Gasteiger partial charge on any atom is -0.481 e. The predicted molar refractivity (Wildman–Crippen MR) is 102 cm³/mol. The Labute approximate surface area is 179 Å². The molecule has 5 atom stereocenters. The number of carbonyl (C=O) groups excluding carboxylic acids is 1. The molecule has 2 aromatic heterocycles. The van der Waals surface area contributed by atoms with E-state index in [9.17, 15) is 33.0 Å². The summed E-state index contributed by atoms with van der Waals surface area (Å²) < 4.78 is 36.7. The summed E-state index contributed by atoms with van der Waals surface area (Å²) in [4.78, 5) is 44.2. The maximum atomic E-state index is 12.0. The van der Waals surface area contributed by atoms with Crippen molar-refractivity contribution in [2.24, 2.45) is 5.73 Å². The van der Waals surface area contributed by atoms with Gasteiger partial charge in [-0.25, -0.2) is 14.7 Å². The van der Waals surface area contributed by atoms with Crippen LogP contribution in [0.3, 0.4) is 0 Å². The molecule has 1 fully saturated rings. The SMILES string of the molecule is N[C@@H](CCC(=O)O)C(=O)NS(=O)(=O)OC[C@H]1O[C@@H](n2cnc3c(=O)[nH]cnc32)[C@H](O)[C@@H]1O. The molecule has 1 aliphatic heterocycles. The molecule has 0 radical (unpaired) electrons. The molecule has 2 aromatic rings. The number of H-pyrrole nitrogens is 1. The molecule has 3 heterocycles. The average molecular weight is 476 g/mol. The van der Waals surface area contributed by atoms with Gasteiger partial charge in [0.1, 0.15) is 18.3 Å². The van der Waals surface area contributed by atoms with Crippen molar-refractivity contribution in [3.05, 3.63) is 23.0 Å². The van der Waals surface area contributed by atoms with Crippen molar-refractivity contribution < 1.29 is 42.2 Å². The molecule has 3 rings (SSSR count). The Morgan fingerprint density at radius 3 is 2.75 bits per heavy atom. The molecule has 0 aromatic carbocycles. The fourth-order valence-corrected chi connectivity index (χ4v) is 3.71. The van der Waals surface area contributed by atoms with E-state index in [1.165, 1.54) is 9.29 Å². The van der Waals surface area contributed by atoms with Gasteiger partial charge in [0.05, 0.1) is 25.3 Å². The number of amides is 1. The lowest BCUT2D eigenvalue weighted by atomic mass is 10.1. The Kier molecular flexibility index (Phi) is 6.86. The second-order valence-corrected chi connectivity index (χ2v) is 8.19. The number of carboxylic acid groups (broad SMARTS) is 1. The fourth-order valence-electron chi connectivity index (χ4n) is 2.94. The lowest BCUT2D eigenvalue weighted by molar-refractivity contribution is -0.137. The van der Waals surface area contributed by atoms with Gasteiger partial charge in [0.15, 0.2) is 17.4 Å². The van der Waals surface area contributed by atoms with Crippen LogP contribution >= 0.6 is 0 Å². The van der Waals surface area contributed by atoms with E-state index in [1.54, 1.807) is 0 Å². The van der Waals surface area contributed by atoms with Crippen LogP contribution in [0.2, 0.25) is 0 Å². The van der Waals surface area contributed by atoms with Crippen LogP contribution in [-0.2, 0) is 28.8 Å². The van der Waals surface area contributed by atoms with E-state index in [-0.39, 0.29) is 17.6 Å². The third-order valence-corrected chi connectivity index (χ3v) is 5.49. The first-order valence-electron chi connectivity index (χ1n) is 9.10. The zero-order valence-electron chi connectivity index (χ0n) is 16.2. The molecule has 0 bridgehead atoms. The van der Waals surface area contributed by atoms with Crippen molar-refractivity contribution in [2.75, 3.05) is 6.61 Å². The summed E-state index contributed by atoms with van der Waals surface area (Å²) in [5.41, 5.74) is 4.91. The molecule has 0 unspecified atom stereocenters. The topological polar surface area (TPSA) is 249 Å². The Morgan fingerprint density at radius 2 is 2.06 bits per heavy atom. The number of carbonyl (C=O) groups is 2. The monoisotopic (exact) mass is 476 g/mol. The quantitative estimate of drug-likeness (QED) is 0.204. The standard InChI is InChI=1S/C15H20N6O10S/c16-6(1-2-8(22)23)13(26)20-32(28,29)30-3-7-10(24)11(25)15(31-7)21-5-19-9-12(21)17-4-18-14(9)27/h4-7,10-11,15,24-25H,1-3,16H2,(H,20,26)(H,22,23)(H,17,18,27)/t6-,7+,10+,11+,15+/m0/s1. The maximum absolute atomic E-state index is 12.0. The van der Waals surface area contributed by atoms with Crippen LogP contribution in [0.5, 0.6) is 0 Å². The number of hydrogen-bond donors (Lipinski definition) is 6. The Hall–Kier alpha value is -2.96. The third-order valence-electron chi connectivity index (χ3n) is 4.60. The molecule has 176 valence electrons. The van der Waals surface area contributed by atoms with Crippen molar-refractivity contribution in [3.8, 4) is 0 Å². The van der Waals surface area contributed by atoms with Crippen molar-refractivity contribution >= 4 is 33.3 Å². The number of fused-ring (bicyclic) bond motifs is 1. The molecular formula is C15H20N6O10S. The van der Waals surface area contributed by atoms with Crippen LogP contribution < -0.4 is 16.0 Å². The molecule has 1 aliphatic rings. The van der Waals surface area contributed by atoms with Crippen LogP contribution in [0, 0.1) is 0 Å². The number of aromatic nitrogens is 4. The van der Waals surface area contributed by atoms with E-state index < -0.39 is 71.3 Å². The highest BCUT2D eigenvalue weighted by atomic mass is 32.2. The Bertz CT molecular complexity index is 1160. The highest BCUT2D eigenvalue weighted by Crippen LogP contribution is 2.31. The second kappa shape index (κ2) is 9.27. The zero-order valence-corrected chi connectivity index (χ0v) is 17.0. The summed E-state index contributed by atoms with van der Waals surface area (Å²) in [5.74, 6) is -2.39. The maximum Gasteiger partial charge on any atom is 0.362 e. The van der Waals surface area contributed by atoms with Gasteiger partial charge in [0.2, 0.25) is 0 Å². The van der Waals surface area contributed by atoms with E-state index in [0.717, 1.165) is 12.7 Å². The van der Waals surface area contributed by atoms with Crippen LogP contribution in [-0.4, -0.2) is 86.1 Å². The molecule has 0 saturated carbocycles. The molecule has 17 heteroatoms. The summed E-state index contributed by atoms with van der Waals surface area (Å²) in [6.07, 6.45) is -4.23. The summed E-state index contributed by atoms with van der Waals surface area (Å²) in [6.45, 7) is -0.789. The molecule has 0 aliphatic carbocycles. The van der Waals surface area contributed by atoms with Crippen molar-refractivity contribution in [3.63, 3.8) is 0 Å². The molecule has 0 spiro atoms. The summed E-state index contributed by atoms with van der Waals surface area (Å²) in [5, 5.41) is 29.1.